The molecule has 1 heterocycles. The van der Waals surface area contributed by atoms with Gasteiger partial charge in [-0.1, -0.05) is 36.3 Å². The van der Waals surface area contributed by atoms with E-state index in [2.05, 4.69) is 10.1 Å². The molecule has 0 aliphatic carbocycles. The number of rotatable bonds is 5. The summed E-state index contributed by atoms with van der Waals surface area (Å²) in [5.41, 5.74) is 7.54. The Bertz CT molecular complexity index is 495. The van der Waals surface area contributed by atoms with Gasteiger partial charge < -0.3 is 15.0 Å². The van der Waals surface area contributed by atoms with Crippen LogP contribution in [0.5, 0.6) is 0 Å². The van der Waals surface area contributed by atoms with Crippen LogP contribution in [0.1, 0.15) is 30.9 Å². The number of methoxy groups -OCH3 is 1. The van der Waals surface area contributed by atoms with Crippen LogP contribution in [0.25, 0.3) is 11.4 Å². The second-order valence-electron chi connectivity index (χ2n) is 3.99. The molecule has 1 aromatic carbocycles. The van der Waals surface area contributed by atoms with Crippen LogP contribution < -0.4 is 5.73 Å². The second kappa shape index (κ2) is 7.23. The topological polar surface area (TPSA) is 74.2 Å². The first-order valence-corrected chi connectivity index (χ1v) is 5.94. The Morgan fingerprint density at radius 1 is 1.32 bits per heavy atom. The first-order chi connectivity index (χ1) is 8.78. The molecule has 19 heavy (non-hydrogen) atoms. The molecule has 5 nitrogen and oxygen atoms in total. The zero-order chi connectivity index (χ0) is 13.0. The monoisotopic (exact) mass is 283 g/mol. The average Bonchev–Trinajstić information content (AvgIpc) is 2.90. The molecule has 1 unspecified atom stereocenters. The van der Waals surface area contributed by atoms with E-state index in [1.165, 1.54) is 0 Å². The van der Waals surface area contributed by atoms with E-state index in [-0.39, 0.29) is 18.5 Å². The predicted octanol–water partition coefficient (Wildman–Crippen LogP) is 2.71. The highest BCUT2D eigenvalue weighted by Crippen LogP contribution is 2.22. The summed E-state index contributed by atoms with van der Waals surface area (Å²) in [6.07, 6.45) is 0.652. The van der Waals surface area contributed by atoms with E-state index in [0.29, 0.717) is 18.3 Å². The van der Waals surface area contributed by atoms with Crippen molar-refractivity contribution >= 4 is 12.4 Å². The first kappa shape index (κ1) is 15.6. The van der Waals surface area contributed by atoms with Gasteiger partial charge in [0.05, 0.1) is 0 Å². The summed E-state index contributed by atoms with van der Waals surface area (Å²) < 4.78 is 10.5. The SMILES string of the molecule is CCC(OC)c1nc(-c2ccc(CN)cc2)no1.Cl. The maximum absolute atomic E-state index is 5.55. The first-order valence-electron chi connectivity index (χ1n) is 5.94. The lowest BCUT2D eigenvalue weighted by atomic mass is 10.1. The fourth-order valence-corrected chi connectivity index (χ4v) is 1.72. The summed E-state index contributed by atoms with van der Waals surface area (Å²) in [6.45, 7) is 2.54. The molecule has 0 saturated heterocycles. The van der Waals surface area contributed by atoms with E-state index in [4.69, 9.17) is 15.0 Å². The molecule has 0 spiro atoms. The second-order valence-corrected chi connectivity index (χ2v) is 3.99. The Morgan fingerprint density at radius 3 is 2.53 bits per heavy atom. The molecule has 0 saturated carbocycles. The van der Waals surface area contributed by atoms with Gasteiger partial charge >= 0.3 is 0 Å². The Labute approximate surface area is 118 Å². The van der Waals surface area contributed by atoms with E-state index in [0.717, 1.165) is 17.5 Å². The van der Waals surface area contributed by atoms with Crippen molar-refractivity contribution in [2.45, 2.75) is 26.0 Å². The zero-order valence-corrected chi connectivity index (χ0v) is 11.8. The smallest absolute Gasteiger partial charge is 0.256 e. The molecule has 0 amide bonds. The van der Waals surface area contributed by atoms with Crippen molar-refractivity contribution in [1.29, 1.82) is 0 Å². The third-order valence-electron chi connectivity index (χ3n) is 2.82. The summed E-state index contributed by atoms with van der Waals surface area (Å²) in [5, 5.41) is 3.96. The molecule has 0 radical (unpaired) electrons. The number of halogens is 1. The lowest BCUT2D eigenvalue weighted by Crippen LogP contribution is -1.99. The van der Waals surface area contributed by atoms with Gasteiger partial charge in [-0.05, 0) is 12.0 Å². The molecule has 0 bridgehead atoms. The highest BCUT2D eigenvalue weighted by atomic mass is 35.5. The minimum atomic E-state index is -0.144. The Hall–Kier alpha value is -1.43. The van der Waals surface area contributed by atoms with Gasteiger partial charge in [0.2, 0.25) is 5.82 Å². The van der Waals surface area contributed by atoms with E-state index >= 15 is 0 Å². The van der Waals surface area contributed by atoms with Gasteiger partial charge in [0.15, 0.2) is 0 Å². The van der Waals surface area contributed by atoms with Crippen LogP contribution in [-0.4, -0.2) is 17.3 Å². The van der Waals surface area contributed by atoms with Crippen LogP contribution in [-0.2, 0) is 11.3 Å². The fourth-order valence-electron chi connectivity index (χ4n) is 1.72. The van der Waals surface area contributed by atoms with Gasteiger partial charge in [-0.2, -0.15) is 4.98 Å². The van der Waals surface area contributed by atoms with Crippen LogP contribution >= 0.6 is 12.4 Å². The fraction of sp³-hybridized carbons (Fsp3) is 0.385. The molecule has 0 fully saturated rings. The normalized spacial score (nSPS) is 11.9. The van der Waals surface area contributed by atoms with Crippen LogP contribution in [0.3, 0.4) is 0 Å². The van der Waals surface area contributed by atoms with E-state index < -0.39 is 0 Å². The lowest BCUT2D eigenvalue weighted by molar-refractivity contribution is 0.0706. The minimum absolute atomic E-state index is 0. The summed E-state index contributed by atoms with van der Waals surface area (Å²) in [6, 6.07) is 7.78. The summed E-state index contributed by atoms with van der Waals surface area (Å²) in [7, 11) is 1.63. The van der Waals surface area contributed by atoms with Crippen molar-refractivity contribution < 1.29 is 9.26 Å². The maximum atomic E-state index is 5.55. The van der Waals surface area contributed by atoms with Crippen LogP contribution in [0.4, 0.5) is 0 Å². The average molecular weight is 284 g/mol. The Balaban J connectivity index is 0.00000180. The number of nitrogens with zero attached hydrogens (tertiary/aromatic N) is 2. The maximum Gasteiger partial charge on any atom is 0.256 e. The third kappa shape index (κ3) is 3.53. The molecule has 2 N–H and O–H groups in total. The van der Waals surface area contributed by atoms with Crippen molar-refractivity contribution in [1.82, 2.24) is 10.1 Å². The molecule has 1 atom stereocenters. The molecule has 0 aliphatic heterocycles. The van der Waals surface area contributed by atoms with Crippen molar-refractivity contribution in [3.8, 4) is 11.4 Å². The number of nitrogens with two attached hydrogens (primary N) is 1. The molecular weight excluding hydrogens is 266 g/mol. The molecule has 1 aromatic heterocycles. The van der Waals surface area contributed by atoms with Crippen LogP contribution in [0, 0.1) is 0 Å². The van der Waals surface area contributed by atoms with Crippen LogP contribution in [0.2, 0.25) is 0 Å². The molecule has 0 aliphatic rings. The summed E-state index contributed by atoms with van der Waals surface area (Å²) >= 11 is 0. The summed E-state index contributed by atoms with van der Waals surface area (Å²) in [5.74, 6) is 1.09. The van der Waals surface area contributed by atoms with Gasteiger partial charge in [-0.3, -0.25) is 0 Å². The largest absolute Gasteiger partial charge is 0.372 e. The van der Waals surface area contributed by atoms with Gasteiger partial charge in [-0.15, -0.1) is 12.4 Å². The van der Waals surface area contributed by atoms with Gasteiger partial charge in [0.1, 0.15) is 6.10 Å². The van der Waals surface area contributed by atoms with Gasteiger partial charge in [-0.25, -0.2) is 0 Å². The van der Waals surface area contributed by atoms with Crippen molar-refractivity contribution in [3.05, 3.63) is 35.7 Å². The lowest BCUT2D eigenvalue weighted by Gasteiger charge is -2.05. The van der Waals surface area contributed by atoms with Gasteiger partial charge in [0.25, 0.3) is 5.89 Å². The number of hydrogen-bond donors (Lipinski definition) is 1. The minimum Gasteiger partial charge on any atom is -0.372 e. The number of aromatic nitrogens is 2. The number of benzene rings is 1. The Morgan fingerprint density at radius 2 is 2.00 bits per heavy atom. The molecular formula is C13H18ClN3O2. The highest BCUT2D eigenvalue weighted by Gasteiger charge is 2.17. The molecule has 6 heteroatoms. The van der Waals surface area contributed by atoms with E-state index in [1.54, 1.807) is 7.11 Å². The molecule has 2 aromatic rings. The quantitative estimate of drug-likeness (QED) is 0.913. The third-order valence-corrected chi connectivity index (χ3v) is 2.82. The van der Waals surface area contributed by atoms with Gasteiger partial charge in [0, 0.05) is 19.2 Å². The molecule has 2 rings (SSSR count). The van der Waals surface area contributed by atoms with Crippen LogP contribution in [0.15, 0.2) is 28.8 Å². The number of hydrogen-bond acceptors (Lipinski definition) is 5. The number of ether oxygens (including phenoxy) is 1. The summed E-state index contributed by atoms with van der Waals surface area (Å²) in [4.78, 5) is 4.34. The molecule has 104 valence electrons. The predicted molar refractivity (Wildman–Crippen MR) is 74.9 cm³/mol. The standard InChI is InChI=1S/C13H17N3O2.ClH/c1-3-11(17-2)13-15-12(16-18-13)10-6-4-9(8-14)5-7-10;/h4-7,11H,3,8,14H2,1-2H3;1H. The zero-order valence-electron chi connectivity index (χ0n) is 11.0. The van der Waals surface area contributed by atoms with Crippen molar-refractivity contribution in [2.75, 3.05) is 7.11 Å². The van der Waals surface area contributed by atoms with E-state index in [9.17, 15) is 0 Å². The van der Waals surface area contributed by atoms with Crippen molar-refractivity contribution in [2.24, 2.45) is 5.73 Å². The van der Waals surface area contributed by atoms with E-state index in [1.807, 2.05) is 31.2 Å². The van der Waals surface area contributed by atoms with Crippen molar-refractivity contribution in [3.63, 3.8) is 0 Å². The Kier molecular flexibility index (Phi) is 5.95. The highest BCUT2D eigenvalue weighted by molar-refractivity contribution is 5.85.